The Balaban J connectivity index is 1.83. The van der Waals surface area contributed by atoms with E-state index in [2.05, 4.69) is 10.4 Å². The van der Waals surface area contributed by atoms with Crippen molar-refractivity contribution in [3.8, 4) is 11.1 Å². The van der Waals surface area contributed by atoms with E-state index in [0.29, 0.717) is 10.7 Å². The van der Waals surface area contributed by atoms with E-state index in [1.54, 1.807) is 31.3 Å². The number of nitrogens with one attached hydrogen (secondary N) is 1. The smallest absolute Gasteiger partial charge is 0.282 e. The van der Waals surface area contributed by atoms with Gasteiger partial charge in [0, 0.05) is 35.1 Å². The van der Waals surface area contributed by atoms with Crippen molar-refractivity contribution in [3.63, 3.8) is 0 Å². The van der Waals surface area contributed by atoms with Crippen molar-refractivity contribution in [3.05, 3.63) is 71.0 Å². The van der Waals surface area contributed by atoms with Gasteiger partial charge in [0.15, 0.2) is 0 Å². The minimum atomic E-state index is -2.72. The topological polar surface area (TPSA) is 46.9 Å². The van der Waals surface area contributed by atoms with Crippen molar-refractivity contribution in [1.82, 2.24) is 9.78 Å². The molecule has 0 aliphatic carbocycles. The normalized spacial score (nSPS) is 11.0. The lowest BCUT2D eigenvalue weighted by molar-refractivity contribution is -0.115. The number of anilines is 1. The number of alkyl halides is 2. The standard InChI is InChI=1S/C19H16ClF2N3O/c1-25-11-13(18(24-25)19(21)22)10-17(26)23-16-8-3-2-7-15(16)12-5-4-6-14(20)9-12/h2-9,11,19H,10H2,1H3,(H,23,26). The number of rotatable bonds is 5. The Labute approximate surface area is 154 Å². The molecule has 0 atom stereocenters. The zero-order chi connectivity index (χ0) is 18.7. The van der Waals surface area contributed by atoms with Crippen LogP contribution in [-0.2, 0) is 18.3 Å². The maximum absolute atomic E-state index is 13.0. The molecule has 26 heavy (non-hydrogen) atoms. The molecule has 0 radical (unpaired) electrons. The first kappa shape index (κ1) is 18.1. The molecule has 0 spiro atoms. The number of benzene rings is 2. The van der Waals surface area contributed by atoms with E-state index in [0.717, 1.165) is 11.1 Å². The van der Waals surface area contributed by atoms with Gasteiger partial charge in [0.1, 0.15) is 5.69 Å². The maximum Gasteiger partial charge on any atom is 0.282 e. The number of aromatic nitrogens is 2. The second kappa shape index (κ2) is 7.66. The highest BCUT2D eigenvalue weighted by Gasteiger charge is 2.20. The number of halogens is 3. The molecule has 0 saturated carbocycles. The van der Waals surface area contributed by atoms with E-state index < -0.39 is 12.3 Å². The van der Waals surface area contributed by atoms with E-state index in [4.69, 9.17) is 11.6 Å². The van der Waals surface area contributed by atoms with Gasteiger partial charge in [0.25, 0.3) is 6.43 Å². The Morgan fingerprint density at radius 1 is 1.23 bits per heavy atom. The largest absolute Gasteiger partial charge is 0.325 e. The molecule has 0 aliphatic rings. The number of carbonyl (C=O) groups excluding carboxylic acids is 1. The number of hydrogen-bond acceptors (Lipinski definition) is 2. The van der Waals surface area contributed by atoms with Crippen molar-refractivity contribution in [2.75, 3.05) is 5.32 Å². The number of nitrogens with zero attached hydrogens (tertiary/aromatic N) is 2. The predicted octanol–water partition coefficient (Wildman–Crippen LogP) is 4.86. The minimum Gasteiger partial charge on any atom is -0.325 e. The number of aryl methyl sites for hydroxylation is 1. The third-order valence-electron chi connectivity index (χ3n) is 3.83. The van der Waals surface area contributed by atoms with Crippen LogP contribution in [0.1, 0.15) is 17.7 Å². The average Bonchev–Trinajstić information content (AvgIpc) is 2.96. The number of para-hydroxylation sites is 1. The highest BCUT2D eigenvalue weighted by Crippen LogP contribution is 2.30. The lowest BCUT2D eigenvalue weighted by Crippen LogP contribution is -2.15. The van der Waals surface area contributed by atoms with Gasteiger partial charge in [-0.2, -0.15) is 5.10 Å². The molecule has 1 heterocycles. The van der Waals surface area contributed by atoms with E-state index >= 15 is 0 Å². The van der Waals surface area contributed by atoms with Crippen molar-refractivity contribution < 1.29 is 13.6 Å². The first-order valence-corrected chi connectivity index (χ1v) is 8.27. The van der Waals surface area contributed by atoms with Crippen molar-refractivity contribution in [2.45, 2.75) is 12.8 Å². The molecular formula is C19H16ClF2N3O. The number of amides is 1. The van der Waals surface area contributed by atoms with Crippen LogP contribution in [0.2, 0.25) is 5.02 Å². The van der Waals surface area contributed by atoms with Crippen LogP contribution in [-0.4, -0.2) is 15.7 Å². The van der Waals surface area contributed by atoms with Gasteiger partial charge in [-0.25, -0.2) is 8.78 Å². The molecule has 0 saturated heterocycles. The van der Waals surface area contributed by atoms with E-state index in [1.165, 1.54) is 10.9 Å². The van der Waals surface area contributed by atoms with Crippen LogP contribution in [0.15, 0.2) is 54.7 Å². The lowest BCUT2D eigenvalue weighted by atomic mass is 10.0. The van der Waals surface area contributed by atoms with Gasteiger partial charge < -0.3 is 5.32 Å². The summed E-state index contributed by atoms with van der Waals surface area (Å²) >= 11 is 6.04. The second-order valence-electron chi connectivity index (χ2n) is 5.79. The first-order valence-electron chi connectivity index (χ1n) is 7.89. The van der Waals surface area contributed by atoms with Gasteiger partial charge >= 0.3 is 0 Å². The minimum absolute atomic E-state index is 0.183. The molecule has 134 valence electrons. The summed E-state index contributed by atoms with van der Waals surface area (Å²) in [7, 11) is 1.54. The summed E-state index contributed by atoms with van der Waals surface area (Å²) in [5, 5.41) is 7.09. The zero-order valence-corrected chi connectivity index (χ0v) is 14.7. The SMILES string of the molecule is Cn1cc(CC(=O)Nc2ccccc2-c2cccc(Cl)c2)c(C(F)F)n1. The molecule has 0 bridgehead atoms. The first-order chi connectivity index (χ1) is 12.4. The van der Waals surface area contributed by atoms with Crippen LogP contribution >= 0.6 is 11.6 Å². The third-order valence-corrected chi connectivity index (χ3v) is 4.07. The molecule has 0 fully saturated rings. The molecule has 0 aliphatic heterocycles. The van der Waals surface area contributed by atoms with Crippen LogP contribution in [0, 0.1) is 0 Å². The fourth-order valence-electron chi connectivity index (χ4n) is 2.74. The molecule has 3 rings (SSSR count). The van der Waals surface area contributed by atoms with E-state index in [1.807, 2.05) is 24.3 Å². The number of carbonyl (C=O) groups is 1. The summed E-state index contributed by atoms with van der Waals surface area (Å²) in [5.41, 5.74) is 2.07. The van der Waals surface area contributed by atoms with Gasteiger partial charge in [-0.05, 0) is 23.8 Å². The fourth-order valence-corrected chi connectivity index (χ4v) is 2.93. The molecule has 0 unspecified atom stereocenters. The van der Waals surface area contributed by atoms with Crippen LogP contribution in [0.4, 0.5) is 14.5 Å². The van der Waals surface area contributed by atoms with Crippen LogP contribution < -0.4 is 5.32 Å². The number of hydrogen-bond donors (Lipinski definition) is 1. The summed E-state index contributed by atoms with van der Waals surface area (Å²) in [6, 6.07) is 14.5. The summed E-state index contributed by atoms with van der Waals surface area (Å²) in [6.07, 6.45) is -1.47. The van der Waals surface area contributed by atoms with Crippen molar-refractivity contribution in [2.24, 2.45) is 7.05 Å². The Bertz CT molecular complexity index is 940. The van der Waals surface area contributed by atoms with Gasteiger partial charge in [-0.3, -0.25) is 9.48 Å². The van der Waals surface area contributed by atoms with Crippen LogP contribution in [0.5, 0.6) is 0 Å². The molecule has 1 amide bonds. The van der Waals surface area contributed by atoms with Gasteiger partial charge in [-0.15, -0.1) is 0 Å². The third kappa shape index (κ3) is 4.08. The summed E-state index contributed by atoms with van der Waals surface area (Å²) in [5.74, 6) is -0.394. The molecule has 7 heteroatoms. The molecule has 1 N–H and O–H groups in total. The molecule has 3 aromatic rings. The van der Waals surface area contributed by atoms with E-state index in [9.17, 15) is 13.6 Å². The maximum atomic E-state index is 13.0. The highest BCUT2D eigenvalue weighted by molar-refractivity contribution is 6.30. The molecule has 4 nitrogen and oxygen atoms in total. The summed E-state index contributed by atoms with van der Waals surface area (Å²) in [6.45, 7) is 0. The summed E-state index contributed by atoms with van der Waals surface area (Å²) in [4.78, 5) is 12.4. The van der Waals surface area contributed by atoms with Crippen LogP contribution in [0.25, 0.3) is 11.1 Å². The quantitative estimate of drug-likeness (QED) is 0.692. The Kier molecular flexibility index (Phi) is 5.32. The second-order valence-corrected chi connectivity index (χ2v) is 6.23. The molecule has 2 aromatic carbocycles. The fraction of sp³-hybridized carbons (Fsp3) is 0.158. The van der Waals surface area contributed by atoms with Crippen molar-refractivity contribution in [1.29, 1.82) is 0 Å². The van der Waals surface area contributed by atoms with Gasteiger partial charge in [-0.1, -0.05) is 41.9 Å². The highest BCUT2D eigenvalue weighted by atomic mass is 35.5. The Hall–Kier alpha value is -2.73. The van der Waals surface area contributed by atoms with E-state index in [-0.39, 0.29) is 17.7 Å². The van der Waals surface area contributed by atoms with Gasteiger partial charge in [0.2, 0.25) is 5.91 Å². The average molecular weight is 376 g/mol. The Morgan fingerprint density at radius 2 is 2.00 bits per heavy atom. The van der Waals surface area contributed by atoms with Crippen molar-refractivity contribution >= 4 is 23.2 Å². The van der Waals surface area contributed by atoms with Gasteiger partial charge in [0.05, 0.1) is 6.42 Å². The monoisotopic (exact) mass is 375 g/mol. The summed E-state index contributed by atoms with van der Waals surface area (Å²) < 4.78 is 27.3. The predicted molar refractivity (Wildman–Crippen MR) is 97.4 cm³/mol. The Morgan fingerprint density at radius 3 is 2.73 bits per heavy atom. The zero-order valence-electron chi connectivity index (χ0n) is 13.9. The molecule has 1 aromatic heterocycles. The lowest BCUT2D eigenvalue weighted by Gasteiger charge is -2.11. The van der Waals surface area contributed by atoms with Crippen LogP contribution in [0.3, 0.4) is 0 Å². The molecular weight excluding hydrogens is 360 g/mol.